The zero-order chi connectivity index (χ0) is 18.0. The van der Waals surface area contributed by atoms with Crippen molar-refractivity contribution in [3.63, 3.8) is 0 Å². The first-order valence-corrected chi connectivity index (χ1v) is 7.99. The first-order chi connectivity index (χ1) is 12.0. The highest BCUT2D eigenvalue weighted by atomic mass is 35.5. The van der Waals surface area contributed by atoms with Gasteiger partial charge in [0.25, 0.3) is 11.6 Å². The minimum atomic E-state index is -0.564. The molecule has 0 atom stereocenters. The number of nitrogens with one attached hydrogen (secondary N) is 1. The van der Waals surface area contributed by atoms with Gasteiger partial charge >= 0.3 is 0 Å². The van der Waals surface area contributed by atoms with Crippen molar-refractivity contribution >= 4 is 40.5 Å². The molecule has 0 unspecified atom stereocenters. The van der Waals surface area contributed by atoms with Crippen LogP contribution in [0.25, 0.3) is 0 Å². The Labute approximate surface area is 148 Å². The van der Waals surface area contributed by atoms with Crippen LogP contribution in [0.4, 0.5) is 17.1 Å². The van der Waals surface area contributed by atoms with Gasteiger partial charge < -0.3 is 10.2 Å². The maximum atomic E-state index is 12.5. The van der Waals surface area contributed by atoms with Gasteiger partial charge in [-0.05, 0) is 30.7 Å². The highest BCUT2D eigenvalue weighted by molar-refractivity contribution is 6.34. The lowest BCUT2D eigenvalue weighted by atomic mass is 10.1. The maximum Gasteiger partial charge on any atom is 0.271 e. The smallest absolute Gasteiger partial charge is 0.271 e. The SMILES string of the molecule is O=C(Nc1cc([N+](=O)[O-])ccc1Cl)c1cccc(N2CCCC2=O)c1. The van der Waals surface area contributed by atoms with Crippen molar-refractivity contribution in [2.75, 3.05) is 16.8 Å². The van der Waals surface area contributed by atoms with Gasteiger partial charge in [0.05, 0.1) is 15.6 Å². The van der Waals surface area contributed by atoms with E-state index in [9.17, 15) is 19.7 Å². The van der Waals surface area contributed by atoms with Crippen molar-refractivity contribution in [3.05, 3.63) is 63.2 Å². The Bertz CT molecular complexity index is 869. The molecule has 0 aromatic heterocycles. The second kappa shape index (κ2) is 6.90. The average Bonchev–Trinajstić information content (AvgIpc) is 3.02. The molecule has 0 bridgehead atoms. The molecule has 1 aliphatic heterocycles. The minimum Gasteiger partial charge on any atom is -0.320 e. The largest absolute Gasteiger partial charge is 0.320 e. The van der Waals surface area contributed by atoms with Crippen LogP contribution in [-0.4, -0.2) is 23.3 Å². The van der Waals surface area contributed by atoms with Gasteiger partial charge in [-0.15, -0.1) is 0 Å². The zero-order valence-corrected chi connectivity index (χ0v) is 13.8. The topological polar surface area (TPSA) is 92.5 Å². The number of anilines is 2. The number of rotatable bonds is 4. The molecular formula is C17H14ClN3O4. The molecule has 0 radical (unpaired) electrons. The van der Waals surface area contributed by atoms with Crippen molar-refractivity contribution in [3.8, 4) is 0 Å². The number of benzene rings is 2. The van der Waals surface area contributed by atoms with Crippen molar-refractivity contribution in [1.29, 1.82) is 0 Å². The lowest BCUT2D eigenvalue weighted by molar-refractivity contribution is -0.384. The molecule has 1 N–H and O–H groups in total. The quantitative estimate of drug-likeness (QED) is 0.666. The average molecular weight is 360 g/mol. The maximum absolute atomic E-state index is 12.5. The number of halogens is 1. The van der Waals surface area contributed by atoms with Crippen LogP contribution in [-0.2, 0) is 4.79 Å². The van der Waals surface area contributed by atoms with Crippen LogP contribution in [0.3, 0.4) is 0 Å². The molecule has 1 heterocycles. The molecule has 25 heavy (non-hydrogen) atoms. The van der Waals surface area contributed by atoms with Crippen LogP contribution in [0, 0.1) is 10.1 Å². The third kappa shape index (κ3) is 3.61. The molecule has 0 saturated carbocycles. The van der Waals surface area contributed by atoms with E-state index in [0.717, 1.165) is 6.42 Å². The van der Waals surface area contributed by atoms with Crippen LogP contribution < -0.4 is 10.2 Å². The Morgan fingerprint density at radius 1 is 1.24 bits per heavy atom. The first kappa shape index (κ1) is 16.9. The van der Waals surface area contributed by atoms with Gasteiger partial charge in [0.2, 0.25) is 5.91 Å². The molecule has 8 heteroatoms. The van der Waals surface area contributed by atoms with Crippen LogP contribution in [0.5, 0.6) is 0 Å². The molecule has 1 fully saturated rings. The first-order valence-electron chi connectivity index (χ1n) is 7.61. The third-order valence-corrected chi connectivity index (χ3v) is 4.23. The molecule has 128 valence electrons. The highest BCUT2D eigenvalue weighted by Crippen LogP contribution is 2.28. The molecule has 3 rings (SSSR count). The van der Waals surface area contributed by atoms with E-state index in [1.165, 1.54) is 18.2 Å². The summed E-state index contributed by atoms with van der Waals surface area (Å²) in [5, 5.41) is 13.6. The number of carbonyl (C=O) groups excluding carboxylic acids is 2. The molecule has 0 spiro atoms. The number of carbonyl (C=O) groups is 2. The molecule has 2 aromatic rings. The van der Waals surface area contributed by atoms with E-state index in [2.05, 4.69) is 5.32 Å². The molecular weight excluding hydrogens is 346 g/mol. The molecule has 2 amide bonds. The van der Waals surface area contributed by atoms with E-state index >= 15 is 0 Å². The Morgan fingerprint density at radius 2 is 2.04 bits per heavy atom. The highest BCUT2D eigenvalue weighted by Gasteiger charge is 2.22. The van der Waals surface area contributed by atoms with Gasteiger partial charge in [0.1, 0.15) is 0 Å². The summed E-state index contributed by atoms with van der Waals surface area (Å²) in [4.78, 5) is 36.2. The van der Waals surface area contributed by atoms with E-state index in [-0.39, 0.29) is 22.3 Å². The predicted octanol–water partition coefficient (Wildman–Crippen LogP) is 3.63. The number of nitrogens with zero attached hydrogens (tertiary/aromatic N) is 2. The number of nitro benzene ring substituents is 1. The summed E-state index contributed by atoms with van der Waals surface area (Å²) in [5.74, 6) is -0.435. The minimum absolute atomic E-state index is 0.0271. The Kier molecular flexibility index (Phi) is 4.67. The number of amides is 2. The van der Waals surface area contributed by atoms with E-state index in [4.69, 9.17) is 11.6 Å². The van der Waals surface area contributed by atoms with E-state index < -0.39 is 10.8 Å². The molecule has 2 aromatic carbocycles. The number of hydrogen-bond acceptors (Lipinski definition) is 4. The van der Waals surface area contributed by atoms with Gasteiger partial charge in [-0.3, -0.25) is 19.7 Å². The molecule has 1 aliphatic rings. The van der Waals surface area contributed by atoms with Crippen molar-refractivity contribution in [2.24, 2.45) is 0 Å². The number of hydrogen-bond donors (Lipinski definition) is 1. The lowest BCUT2D eigenvalue weighted by Crippen LogP contribution is -2.24. The number of nitro groups is 1. The Balaban J connectivity index is 1.83. The summed E-state index contributed by atoms with van der Waals surface area (Å²) in [7, 11) is 0. The standard InChI is InChI=1S/C17H14ClN3O4/c18-14-7-6-13(21(24)25)10-15(14)19-17(23)11-3-1-4-12(9-11)20-8-2-5-16(20)22/h1,3-4,6-7,9-10H,2,5,8H2,(H,19,23). The van der Waals surface area contributed by atoms with Gasteiger partial charge in [-0.1, -0.05) is 17.7 Å². The van der Waals surface area contributed by atoms with Crippen molar-refractivity contribution < 1.29 is 14.5 Å². The Hall–Kier alpha value is -2.93. The molecule has 1 saturated heterocycles. The summed E-state index contributed by atoms with van der Waals surface area (Å²) in [5.41, 5.74) is 0.972. The monoisotopic (exact) mass is 359 g/mol. The van der Waals surface area contributed by atoms with Crippen LogP contribution in [0.2, 0.25) is 5.02 Å². The third-order valence-electron chi connectivity index (χ3n) is 3.90. The summed E-state index contributed by atoms with van der Waals surface area (Å²) in [6.07, 6.45) is 1.29. The second-order valence-electron chi connectivity index (χ2n) is 5.57. The van der Waals surface area contributed by atoms with Crippen LogP contribution >= 0.6 is 11.6 Å². The summed E-state index contributed by atoms with van der Waals surface area (Å²) < 4.78 is 0. The summed E-state index contributed by atoms with van der Waals surface area (Å²) in [6.45, 7) is 0.626. The van der Waals surface area contributed by atoms with E-state index in [1.54, 1.807) is 29.2 Å². The summed E-state index contributed by atoms with van der Waals surface area (Å²) >= 11 is 6.00. The fraction of sp³-hybridized carbons (Fsp3) is 0.176. The summed E-state index contributed by atoms with van der Waals surface area (Å²) in [6, 6.07) is 10.5. The zero-order valence-electron chi connectivity index (χ0n) is 13.1. The van der Waals surface area contributed by atoms with Gasteiger partial charge in [-0.2, -0.15) is 0 Å². The van der Waals surface area contributed by atoms with Gasteiger partial charge in [-0.25, -0.2) is 0 Å². The lowest BCUT2D eigenvalue weighted by Gasteiger charge is -2.16. The van der Waals surface area contributed by atoms with Gasteiger partial charge in [0, 0.05) is 36.3 Å². The fourth-order valence-electron chi connectivity index (χ4n) is 2.65. The van der Waals surface area contributed by atoms with Crippen molar-refractivity contribution in [1.82, 2.24) is 0 Å². The van der Waals surface area contributed by atoms with Crippen LogP contribution in [0.15, 0.2) is 42.5 Å². The van der Waals surface area contributed by atoms with E-state index in [0.29, 0.717) is 24.2 Å². The van der Waals surface area contributed by atoms with Crippen molar-refractivity contribution in [2.45, 2.75) is 12.8 Å². The number of non-ortho nitro benzene ring substituents is 1. The molecule has 0 aliphatic carbocycles. The van der Waals surface area contributed by atoms with Crippen LogP contribution in [0.1, 0.15) is 23.2 Å². The fourth-order valence-corrected chi connectivity index (χ4v) is 2.82. The Morgan fingerprint density at radius 3 is 2.72 bits per heavy atom. The van der Waals surface area contributed by atoms with Gasteiger partial charge in [0.15, 0.2) is 0 Å². The van der Waals surface area contributed by atoms with E-state index in [1.807, 2.05) is 0 Å². The second-order valence-corrected chi connectivity index (χ2v) is 5.98. The molecule has 7 nitrogen and oxygen atoms in total. The normalized spacial score (nSPS) is 13.8. The predicted molar refractivity (Wildman–Crippen MR) is 94.1 cm³/mol.